The molecule has 1 saturated carbocycles. The summed E-state index contributed by atoms with van der Waals surface area (Å²) in [4.78, 5) is 8.60. The number of rotatable bonds is 3. The first-order valence-corrected chi connectivity index (χ1v) is 4.78. The zero-order chi connectivity index (χ0) is 9.26. The quantitative estimate of drug-likeness (QED) is 0.757. The average Bonchev–Trinajstić information content (AvgIpc) is 2.81. The SMILES string of the molecule is Cc1cc(CNC2CC2)nc(C)n1. The van der Waals surface area contributed by atoms with Gasteiger partial charge in [-0.1, -0.05) is 0 Å². The van der Waals surface area contributed by atoms with E-state index in [0.29, 0.717) is 0 Å². The van der Waals surface area contributed by atoms with E-state index in [-0.39, 0.29) is 0 Å². The van der Waals surface area contributed by atoms with E-state index in [1.54, 1.807) is 0 Å². The molecule has 0 unspecified atom stereocenters. The van der Waals surface area contributed by atoms with Crippen LogP contribution in [0.1, 0.15) is 30.1 Å². The molecule has 1 N–H and O–H groups in total. The van der Waals surface area contributed by atoms with E-state index in [9.17, 15) is 0 Å². The molecule has 0 spiro atoms. The molecule has 3 nitrogen and oxygen atoms in total. The van der Waals surface area contributed by atoms with E-state index < -0.39 is 0 Å². The van der Waals surface area contributed by atoms with Gasteiger partial charge < -0.3 is 5.32 Å². The maximum atomic E-state index is 4.36. The van der Waals surface area contributed by atoms with Crippen LogP contribution in [0, 0.1) is 13.8 Å². The van der Waals surface area contributed by atoms with Gasteiger partial charge in [0.2, 0.25) is 0 Å². The topological polar surface area (TPSA) is 37.8 Å². The molecule has 0 saturated heterocycles. The van der Waals surface area contributed by atoms with E-state index in [1.807, 2.05) is 19.9 Å². The molecule has 70 valence electrons. The molecule has 0 bridgehead atoms. The first kappa shape index (κ1) is 8.63. The fourth-order valence-electron chi connectivity index (χ4n) is 1.42. The average molecular weight is 177 g/mol. The van der Waals surface area contributed by atoms with Crippen LogP contribution in [-0.2, 0) is 6.54 Å². The molecule has 0 aromatic carbocycles. The highest BCUT2D eigenvalue weighted by Crippen LogP contribution is 2.19. The van der Waals surface area contributed by atoms with E-state index in [0.717, 1.165) is 29.8 Å². The molecule has 0 amide bonds. The standard InChI is InChI=1S/C10H15N3/c1-7-5-10(13-8(2)12-7)6-11-9-3-4-9/h5,9,11H,3-4,6H2,1-2H3. The molecule has 1 aliphatic rings. The van der Waals surface area contributed by atoms with Gasteiger partial charge in [-0.15, -0.1) is 0 Å². The second kappa shape index (κ2) is 3.42. The summed E-state index contributed by atoms with van der Waals surface area (Å²) in [6, 6.07) is 2.79. The van der Waals surface area contributed by atoms with Crippen molar-refractivity contribution in [1.29, 1.82) is 0 Å². The lowest BCUT2D eigenvalue weighted by Gasteiger charge is -2.03. The van der Waals surface area contributed by atoms with Gasteiger partial charge in [-0.2, -0.15) is 0 Å². The van der Waals surface area contributed by atoms with Gasteiger partial charge in [-0.3, -0.25) is 0 Å². The molecule has 1 aliphatic carbocycles. The van der Waals surface area contributed by atoms with Crippen molar-refractivity contribution in [1.82, 2.24) is 15.3 Å². The Kier molecular flexibility index (Phi) is 2.27. The number of aryl methyl sites for hydroxylation is 2. The largest absolute Gasteiger partial charge is 0.308 e. The lowest BCUT2D eigenvalue weighted by atomic mass is 10.3. The molecular weight excluding hydrogens is 162 g/mol. The number of nitrogens with one attached hydrogen (secondary N) is 1. The Morgan fingerprint density at radius 1 is 1.38 bits per heavy atom. The van der Waals surface area contributed by atoms with E-state index in [1.165, 1.54) is 12.8 Å². The third-order valence-corrected chi connectivity index (χ3v) is 2.17. The lowest BCUT2D eigenvalue weighted by molar-refractivity contribution is 0.669. The van der Waals surface area contributed by atoms with Gasteiger partial charge in [0.1, 0.15) is 5.82 Å². The maximum Gasteiger partial charge on any atom is 0.125 e. The molecular formula is C10H15N3. The van der Waals surface area contributed by atoms with Crippen molar-refractivity contribution in [2.45, 2.75) is 39.3 Å². The van der Waals surface area contributed by atoms with Crippen molar-refractivity contribution in [2.75, 3.05) is 0 Å². The highest BCUT2D eigenvalue weighted by Gasteiger charge is 2.20. The predicted molar refractivity (Wildman–Crippen MR) is 51.4 cm³/mol. The summed E-state index contributed by atoms with van der Waals surface area (Å²) in [5.74, 6) is 0.868. The minimum atomic E-state index is 0.746. The summed E-state index contributed by atoms with van der Waals surface area (Å²) in [6.07, 6.45) is 2.64. The van der Waals surface area contributed by atoms with Gasteiger partial charge in [-0.25, -0.2) is 9.97 Å². The fourth-order valence-corrected chi connectivity index (χ4v) is 1.42. The Morgan fingerprint density at radius 3 is 2.77 bits per heavy atom. The summed E-state index contributed by atoms with van der Waals surface area (Å²) in [5, 5.41) is 3.44. The van der Waals surface area contributed by atoms with Gasteiger partial charge in [0.05, 0.1) is 5.69 Å². The van der Waals surface area contributed by atoms with Crippen LogP contribution < -0.4 is 5.32 Å². The Hall–Kier alpha value is -0.960. The number of hydrogen-bond donors (Lipinski definition) is 1. The number of nitrogens with zero attached hydrogens (tertiary/aromatic N) is 2. The van der Waals surface area contributed by atoms with Crippen LogP contribution in [0.4, 0.5) is 0 Å². The van der Waals surface area contributed by atoms with Gasteiger partial charge in [-0.05, 0) is 32.8 Å². The summed E-state index contributed by atoms with van der Waals surface area (Å²) >= 11 is 0. The van der Waals surface area contributed by atoms with E-state index in [4.69, 9.17) is 0 Å². The van der Waals surface area contributed by atoms with Crippen molar-refractivity contribution >= 4 is 0 Å². The molecule has 1 heterocycles. The Labute approximate surface area is 78.6 Å². The van der Waals surface area contributed by atoms with Crippen LogP contribution in [0.5, 0.6) is 0 Å². The normalized spacial score (nSPS) is 16.2. The summed E-state index contributed by atoms with van der Waals surface area (Å²) in [6.45, 7) is 4.83. The van der Waals surface area contributed by atoms with Crippen molar-refractivity contribution in [3.8, 4) is 0 Å². The Morgan fingerprint density at radius 2 is 2.15 bits per heavy atom. The third kappa shape index (κ3) is 2.49. The van der Waals surface area contributed by atoms with E-state index >= 15 is 0 Å². The van der Waals surface area contributed by atoms with Crippen LogP contribution in [0.25, 0.3) is 0 Å². The summed E-state index contributed by atoms with van der Waals surface area (Å²) in [5.41, 5.74) is 2.16. The molecule has 0 aliphatic heterocycles. The molecule has 2 rings (SSSR count). The zero-order valence-corrected chi connectivity index (χ0v) is 8.17. The minimum Gasteiger partial charge on any atom is -0.308 e. The molecule has 1 aromatic heterocycles. The summed E-state index contributed by atoms with van der Waals surface area (Å²) < 4.78 is 0. The second-order valence-corrected chi connectivity index (χ2v) is 3.70. The van der Waals surface area contributed by atoms with Crippen LogP contribution in [0.15, 0.2) is 6.07 Å². The molecule has 0 radical (unpaired) electrons. The highest BCUT2D eigenvalue weighted by molar-refractivity contribution is 5.09. The monoisotopic (exact) mass is 177 g/mol. The van der Waals surface area contributed by atoms with Gasteiger partial charge in [0, 0.05) is 18.3 Å². The van der Waals surface area contributed by atoms with Gasteiger partial charge in [0.25, 0.3) is 0 Å². The zero-order valence-electron chi connectivity index (χ0n) is 8.17. The fraction of sp³-hybridized carbons (Fsp3) is 0.600. The van der Waals surface area contributed by atoms with Crippen molar-refractivity contribution in [3.63, 3.8) is 0 Å². The smallest absolute Gasteiger partial charge is 0.125 e. The molecule has 3 heteroatoms. The highest BCUT2D eigenvalue weighted by atomic mass is 15.0. The van der Waals surface area contributed by atoms with Crippen molar-refractivity contribution in [2.24, 2.45) is 0 Å². The Balaban J connectivity index is 2.01. The predicted octanol–water partition coefficient (Wildman–Crippen LogP) is 1.35. The van der Waals surface area contributed by atoms with Crippen LogP contribution in [0.3, 0.4) is 0 Å². The van der Waals surface area contributed by atoms with Crippen LogP contribution >= 0.6 is 0 Å². The molecule has 1 aromatic rings. The Bertz CT molecular complexity index is 285. The number of hydrogen-bond acceptors (Lipinski definition) is 3. The number of aromatic nitrogens is 2. The molecule has 0 atom stereocenters. The molecule has 13 heavy (non-hydrogen) atoms. The van der Waals surface area contributed by atoms with Crippen molar-refractivity contribution in [3.05, 3.63) is 23.3 Å². The van der Waals surface area contributed by atoms with E-state index in [2.05, 4.69) is 15.3 Å². The van der Waals surface area contributed by atoms with Gasteiger partial charge in [0.15, 0.2) is 0 Å². The summed E-state index contributed by atoms with van der Waals surface area (Å²) in [7, 11) is 0. The minimum absolute atomic E-state index is 0.746. The van der Waals surface area contributed by atoms with Crippen LogP contribution in [-0.4, -0.2) is 16.0 Å². The van der Waals surface area contributed by atoms with Crippen molar-refractivity contribution < 1.29 is 0 Å². The first-order chi connectivity index (χ1) is 6.24. The molecule has 1 fully saturated rings. The lowest BCUT2D eigenvalue weighted by Crippen LogP contribution is -2.16. The van der Waals surface area contributed by atoms with Gasteiger partial charge >= 0.3 is 0 Å². The third-order valence-electron chi connectivity index (χ3n) is 2.17. The second-order valence-electron chi connectivity index (χ2n) is 3.70. The first-order valence-electron chi connectivity index (χ1n) is 4.78. The maximum absolute atomic E-state index is 4.36. The van der Waals surface area contributed by atoms with Crippen LogP contribution in [0.2, 0.25) is 0 Å².